The Morgan fingerprint density at radius 1 is 1.22 bits per heavy atom. The van der Waals surface area contributed by atoms with E-state index in [4.69, 9.17) is 0 Å². The molecule has 4 heteroatoms. The summed E-state index contributed by atoms with van der Waals surface area (Å²) in [6.07, 6.45) is 10.8. The number of Topliss-reactive ketones (excluding diaryl/α,β-unsaturated/α-hetero) is 1. The molecule has 4 unspecified atom stereocenters. The van der Waals surface area contributed by atoms with Crippen molar-refractivity contribution in [2.45, 2.75) is 84.2 Å². The fourth-order valence-electron chi connectivity index (χ4n) is 5.84. The van der Waals surface area contributed by atoms with E-state index in [9.17, 15) is 9.70 Å². The van der Waals surface area contributed by atoms with Gasteiger partial charge >= 0.3 is 0 Å². The van der Waals surface area contributed by atoms with Crippen LogP contribution in [0.3, 0.4) is 0 Å². The molecule has 2 heterocycles. The lowest BCUT2D eigenvalue weighted by atomic mass is 9.65. The van der Waals surface area contributed by atoms with Crippen LogP contribution in [0.15, 0.2) is 34.1 Å². The summed E-state index contributed by atoms with van der Waals surface area (Å²) in [6.45, 7) is 6.84. The first-order valence-corrected chi connectivity index (χ1v) is 10.9. The maximum absolute atomic E-state index is 13.0. The van der Waals surface area contributed by atoms with Crippen molar-refractivity contribution < 1.29 is 9.55 Å². The number of carbonyl (C=O) groups is 1. The topological polar surface area (TPSA) is 49.2 Å². The molecule has 4 aliphatic rings. The van der Waals surface area contributed by atoms with Crippen molar-refractivity contribution in [1.29, 1.82) is 0 Å². The fraction of sp³-hybridized carbons (Fsp3) is 0.696. The van der Waals surface area contributed by atoms with E-state index in [1.807, 2.05) is 6.92 Å². The Hall–Kier alpha value is -1.55. The normalized spacial score (nSPS) is 32.4. The van der Waals surface area contributed by atoms with E-state index in [0.29, 0.717) is 6.04 Å². The highest BCUT2D eigenvalue weighted by molar-refractivity contribution is 5.84. The quantitative estimate of drug-likeness (QED) is 0.550. The number of hydrogen-bond acceptors (Lipinski definition) is 3. The Kier molecular flexibility index (Phi) is 5.19. The zero-order chi connectivity index (χ0) is 19.1. The van der Waals surface area contributed by atoms with Crippen molar-refractivity contribution in [2.24, 2.45) is 11.8 Å². The molecule has 0 aromatic heterocycles. The van der Waals surface area contributed by atoms with Crippen LogP contribution in [0.4, 0.5) is 0 Å². The van der Waals surface area contributed by atoms with Crippen LogP contribution in [0.1, 0.15) is 72.1 Å². The molecular formula is C23H33N2O2+. The second-order valence-electron chi connectivity index (χ2n) is 8.90. The highest BCUT2D eigenvalue weighted by Gasteiger charge is 2.49. The summed E-state index contributed by atoms with van der Waals surface area (Å²) in [7, 11) is 0. The molecule has 146 valence electrons. The molecule has 0 bridgehead atoms. The van der Waals surface area contributed by atoms with Gasteiger partial charge in [0.15, 0.2) is 0 Å². The summed E-state index contributed by atoms with van der Waals surface area (Å²) in [5, 5.41) is 3.66. The van der Waals surface area contributed by atoms with Gasteiger partial charge in [-0.3, -0.25) is 4.79 Å². The van der Waals surface area contributed by atoms with Gasteiger partial charge in [-0.25, -0.2) is 0 Å². The summed E-state index contributed by atoms with van der Waals surface area (Å²) in [4.78, 5) is 25.4. The van der Waals surface area contributed by atoms with Crippen molar-refractivity contribution in [3.63, 3.8) is 0 Å². The smallest absolute Gasteiger partial charge is 0.230 e. The molecule has 2 aliphatic heterocycles. The molecule has 4 rings (SSSR count). The number of fused-ring (bicyclic) bond motifs is 1. The molecule has 0 aromatic carbocycles. The van der Waals surface area contributed by atoms with E-state index in [-0.39, 0.29) is 23.7 Å². The van der Waals surface area contributed by atoms with Gasteiger partial charge in [-0.1, -0.05) is 31.8 Å². The molecule has 0 spiro atoms. The van der Waals surface area contributed by atoms with Crippen LogP contribution in [0, 0.1) is 16.7 Å². The Bertz CT molecular complexity index is 758. The molecule has 1 saturated carbocycles. The van der Waals surface area contributed by atoms with Crippen LogP contribution in [-0.4, -0.2) is 29.2 Å². The van der Waals surface area contributed by atoms with Crippen LogP contribution < -0.4 is 5.32 Å². The van der Waals surface area contributed by atoms with E-state index < -0.39 is 0 Å². The van der Waals surface area contributed by atoms with Gasteiger partial charge in [0.1, 0.15) is 5.78 Å². The summed E-state index contributed by atoms with van der Waals surface area (Å²) in [6, 6.07) is 0.443. The standard InChI is InChI=1S/C23H33N2O2/c1-4-5-6-7-8-21-18-12-16-13-24-20-10-9-17(15(3)26)23(22(16)20)19(18)11-14(2)25(21)27/h11,17-18,20-21,24H,4-10,12-13H2,1-3H3/q+1. The van der Waals surface area contributed by atoms with Gasteiger partial charge in [0.25, 0.3) is 0 Å². The summed E-state index contributed by atoms with van der Waals surface area (Å²) in [5.41, 5.74) is 6.32. The molecule has 2 aliphatic carbocycles. The predicted molar refractivity (Wildman–Crippen MR) is 107 cm³/mol. The molecule has 0 saturated heterocycles. The van der Waals surface area contributed by atoms with Gasteiger partial charge in [-0.15, -0.1) is 0 Å². The van der Waals surface area contributed by atoms with Gasteiger partial charge in [0.2, 0.25) is 11.7 Å². The van der Waals surface area contributed by atoms with E-state index in [1.165, 1.54) is 46.3 Å². The maximum atomic E-state index is 13.0. The molecule has 27 heavy (non-hydrogen) atoms. The maximum Gasteiger partial charge on any atom is 0.230 e. The SMILES string of the molecule is CCCCCCC1C2CC3=C4C(=C2C=C(C)[N+]1=O)C(C(C)=O)CCC4NC3. The first-order valence-electron chi connectivity index (χ1n) is 10.9. The lowest BCUT2D eigenvalue weighted by molar-refractivity contribution is -0.551. The zero-order valence-electron chi connectivity index (χ0n) is 17.0. The molecule has 0 aromatic rings. The number of hydrogen-bond donors (Lipinski definition) is 1. The number of nitroso groups, excluding NO2 is 1. The first-order chi connectivity index (χ1) is 13.0. The van der Waals surface area contributed by atoms with Crippen molar-refractivity contribution in [3.05, 3.63) is 39.0 Å². The third-order valence-electron chi connectivity index (χ3n) is 7.17. The van der Waals surface area contributed by atoms with Crippen molar-refractivity contribution in [1.82, 2.24) is 5.32 Å². The fourth-order valence-corrected chi connectivity index (χ4v) is 5.84. The number of nitrogens with one attached hydrogen (secondary N) is 1. The van der Waals surface area contributed by atoms with Crippen molar-refractivity contribution in [2.75, 3.05) is 6.54 Å². The second kappa shape index (κ2) is 7.46. The monoisotopic (exact) mass is 369 g/mol. The Morgan fingerprint density at radius 2 is 2.04 bits per heavy atom. The molecule has 1 N–H and O–H groups in total. The minimum atomic E-state index is 0.0203. The molecule has 4 atom stereocenters. The zero-order valence-corrected chi connectivity index (χ0v) is 17.0. The van der Waals surface area contributed by atoms with E-state index in [2.05, 4.69) is 18.3 Å². The number of nitrogens with zero attached hydrogens (tertiary/aromatic N) is 1. The second-order valence-corrected chi connectivity index (χ2v) is 8.90. The van der Waals surface area contributed by atoms with Gasteiger partial charge in [0, 0.05) is 47.6 Å². The lowest BCUT2D eigenvalue weighted by Crippen LogP contribution is -2.41. The predicted octanol–water partition coefficient (Wildman–Crippen LogP) is 4.61. The first kappa shape index (κ1) is 18.8. The van der Waals surface area contributed by atoms with Crippen LogP contribution >= 0.6 is 0 Å². The van der Waals surface area contributed by atoms with Crippen LogP contribution in [0.5, 0.6) is 0 Å². The Balaban J connectivity index is 1.74. The highest BCUT2D eigenvalue weighted by atomic mass is 16.3. The highest BCUT2D eigenvalue weighted by Crippen LogP contribution is 2.50. The largest absolute Gasteiger partial charge is 0.306 e. The van der Waals surface area contributed by atoms with Crippen LogP contribution in [-0.2, 0) is 4.79 Å². The number of allylic oxidation sites excluding steroid dienone is 2. The van der Waals surface area contributed by atoms with Crippen LogP contribution in [0.25, 0.3) is 0 Å². The molecule has 1 fully saturated rings. The number of carbonyl (C=O) groups excluding carboxylic acids is 1. The Labute approximate surface area is 162 Å². The van der Waals surface area contributed by atoms with Crippen LogP contribution in [0.2, 0.25) is 0 Å². The van der Waals surface area contributed by atoms with Gasteiger partial charge in [0.05, 0.1) is 5.92 Å². The van der Waals surface area contributed by atoms with Crippen molar-refractivity contribution >= 4 is 5.78 Å². The van der Waals surface area contributed by atoms with E-state index >= 15 is 0 Å². The van der Waals surface area contributed by atoms with Gasteiger partial charge < -0.3 is 5.32 Å². The average Bonchev–Trinajstić information content (AvgIpc) is 3.06. The molecule has 0 radical (unpaired) electrons. The third kappa shape index (κ3) is 3.16. The average molecular weight is 370 g/mol. The number of rotatable bonds is 6. The van der Waals surface area contributed by atoms with Gasteiger partial charge in [-0.05, 0) is 49.3 Å². The van der Waals surface area contributed by atoms with E-state index in [0.717, 1.165) is 44.3 Å². The van der Waals surface area contributed by atoms with Crippen molar-refractivity contribution in [3.8, 4) is 0 Å². The minimum Gasteiger partial charge on any atom is -0.306 e. The summed E-state index contributed by atoms with van der Waals surface area (Å²) >= 11 is 0. The van der Waals surface area contributed by atoms with E-state index in [1.54, 1.807) is 6.92 Å². The molecule has 0 amide bonds. The summed E-state index contributed by atoms with van der Waals surface area (Å²) in [5.74, 6) is 0.555. The molecular weight excluding hydrogens is 336 g/mol. The minimum absolute atomic E-state index is 0.0203. The third-order valence-corrected chi connectivity index (χ3v) is 7.17. The summed E-state index contributed by atoms with van der Waals surface area (Å²) < 4.78 is 1.28. The number of unbranched alkanes of at least 4 members (excludes halogenated alkanes) is 3. The molecule has 4 nitrogen and oxygen atoms in total. The Morgan fingerprint density at radius 3 is 2.78 bits per heavy atom. The number of ketones is 1. The lowest BCUT2D eigenvalue weighted by Gasteiger charge is -2.39. The van der Waals surface area contributed by atoms with Gasteiger partial charge in [-0.2, -0.15) is 0 Å².